The summed E-state index contributed by atoms with van der Waals surface area (Å²) in [5.41, 5.74) is 11.7. The summed E-state index contributed by atoms with van der Waals surface area (Å²) in [5.74, 6) is 0.00566. The average Bonchev–Trinajstić information content (AvgIpc) is 3.22. The number of halogens is 1. The van der Waals surface area contributed by atoms with Gasteiger partial charge in [-0.15, -0.1) is 0 Å². The fourth-order valence-corrected chi connectivity index (χ4v) is 4.63. The molecule has 4 heterocycles. The Kier molecular flexibility index (Phi) is 5.91. The fourth-order valence-electron chi connectivity index (χ4n) is 4.63. The van der Waals surface area contributed by atoms with Gasteiger partial charge >= 0.3 is 0 Å². The molecule has 1 aliphatic heterocycles. The molecule has 0 radical (unpaired) electrons. The van der Waals surface area contributed by atoms with Crippen LogP contribution in [0.4, 0.5) is 10.2 Å². The van der Waals surface area contributed by atoms with E-state index in [1.54, 1.807) is 43.3 Å². The van der Waals surface area contributed by atoms with E-state index in [9.17, 15) is 9.18 Å². The number of amides is 1. The summed E-state index contributed by atoms with van der Waals surface area (Å²) in [4.78, 5) is 23.8. The van der Waals surface area contributed by atoms with Crippen LogP contribution >= 0.6 is 0 Å². The molecular weight excluding hydrogens is 459 g/mol. The maximum atomic E-state index is 14.4. The van der Waals surface area contributed by atoms with E-state index in [1.807, 2.05) is 26.0 Å². The predicted octanol–water partition coefficient (Wildman–Crippen LogP) is 4.49. The zero-order chi connectivity index (χ0) is 25.6. The van der Waals surface area contributed by atoms with Crippen molar-refractivity contribution in [1.82, 2.24) is 24.6 Å². The number of hydrogen-bond acceptors (Lipinski definition) is 6. The molecule has 5 rings (SSSR count). The van der Waals surface area contributed by atoms with Crippen molar-refractivity contribution in [3.05, 3.63) is 77.0 Å². The standard InChI is InChI=1S/C27H27FN6O2/c1-5-34-25-17-12-22(26(29)31-14-17)36-15(2)20-13-18(28)8-9-19(20)23-16(7-6-10-30-23)11-21(25)24(32-34)27(35)33(3)4/h6-10,12-15H,5,11H2,1-4H3,(H2,29,31)/t15-/m1/s1. The molecule has 0 fully saturated rings. The van der Waals surface area contributed by atoms with Gasteiger partial charge < -0.3 is 15.4 Å². The monoisotopic (exact) mass is 486 g/mol. The van der Waals surface area contributed by atoms with Crippen LogP contribution in [0.15, 0.2) is 48.8 Å². The fraction of sp³-hybridized carbons (Fsp3) is 0.259. The number of aromatic nitrogens is 4. The Morgan fingerprint density at radius 2 is 2.06 bits per heavy atom. The summed E-state index contributed by atoms with van der Waals surface area (Å²) in [7, 11) is 3.40. The van der Waals surface area contributed by atoms with Gasteiger partial charge in [0.25, 0.3) is 5.91 Å². The van der Waals surface area contributed by atoms with Crippen molar-refractivity contribution in [3.63, 3.8) is 0 Å². The Labute approximate surface area is 208 Å². The molecule has 1 aromatic carbocycles. The number of pyridine rings is 2. The lowest BCUT2D eigenvalue weighted by Gasteiger charge is -2.22. The van der Waals surface area contributed by atoms with E-state index in [2.05, 4.69) is 9.97 Å². The normalized spacial score (nSPS) is 14.4. The van der Waals surface area contributed by atoms with Crippen LogP contribution in [-0.4, -0.2) is 44.7 Å². The second kappa shape index (κ2) is 9.07. The maximum absolute atomic E-state index is 14.4. The first-order valence-corrected chi connectivity index (χ1v) is 11.8. The second-order valence-electron chi connectivity index (χ2n) is 8.98. The van der Waals surface area contributed by atoms with Gasteiger partial charge in [-0.05, 0) is 49.7 Å². The highest BCUT2D eigenvalue weighted by atomic mass is 19.1. The number of rotatable bonds is 2. The van der Waals surface area contributed by atoms with Gasteiger partial charge in [-0.25, -0.2) is 9.37 Å². The summed E-state index contributed by atoms with van der Waals surface area (Å²) in [6.45, 7) is 4.36. The molecule has 0 spiro atoms. The number of fused-ring (bicyclic) bond motifs is 7. The topological polar surface area (TPSA) is 99.2 Å². The highest BCUT2D eigenvalue weighted by Gasteiger charge is 2.28. The SMILES string of the molecule is CCn1nc(C(=O)N(C)C)c2c1-c1cnc(N)c(c1)O[C@H](C)c1cc(F)ccc1-c1ncccc1C2. The van der Waals surface area contributed by atoms with Crippen molar-refractivity contribution < 1.29 is 13.9 Å². The predicted molar refractivity (Wildman–Crippen MR) is 135 cm³/mol. The number of carbonyl (C=O) groups is 1. The molecule has 1 amide bonds. The highest BCUT2D eigenvalue weighted by Crippen LogP contribution is 2.39. The average molecular weight is 487 g/mol. The highest BCUT2D eigenvalue weighted by molar-refractivity contribution is 5.95. The number of benzene rings is 1. The van der Waals surface area contributed by atoms with Crippen molar-refractivity contribution in [2.75, 3.05) is 19.8 Å². The lowest BCUT2D eigenvalue weighted by molar-refractivity contribution is 0.0820. The minimum Gasteiger partial charge on any atom is -0.482 e. The lowest BCUT2D eigenvalue weighted by Crippen LogP contribution is -2.23. The van der Waals surface area contributed by atoms with Crippen LogP contribution in [0.3, 0.4) is 0 Å². The molecule has 36 heavy (non-hydrogen) atoms. The van der Waals surface area contributed by atoms with Crippen molar-refractivity contribution in [2.45, 2.75) is 32.9 Å². The number of nitrogens with zero attached hydrogens (tertiary/aromatic N) is 5. The molecule has 184 valence electrons. The third-order valence-corrected chi connectivity index (χ3v) is 6.38. The molecule has 9 heteroatoms. The molecule has 2 bridgehead atoms. The Hall–Kier alpha value is -4.27. The minimum absolute atomic E-state index is 0.202. The van der Waals surface area contributed by atoms with Gasteiger partial charge in [-0.2, -0.15) is 5.10 Å². The molecule has 2 N–H and O–H groups in total. The van der Waals surface area contributed by atoms with Crippen LogP contribution in [0.1, 0.15) is 47.1 Å². The third-order valence-electron chi connectivity index (χ3n) is 6.38. The van der Waals surface area contributed by atoms with Gasteiger partial charge in [0.1, 0.15) is 11.9 Å². The molecule has 8 nitrogen and oxygen atoms in total. The Balaban J connectivity index is 1.86. The maximum Gasteiger partial charge on any atom is 0.274 e. The van der Waals surface area contributed by atoms with E-state index >= 15 is 0 Å². The van der Waals surface area contributed by atoms with Crippen LogP contribution in [0.5, 0.6) is 5.75 Å². The number of ether oxygens (including phenoxy) is 1. The van der Waals surface area contributed by atoms with Crippen LogP contribution in [-0.2, 0) is 13.0 Å². The lowest BCUT2D eigenvalue weighted by atomic mass is 9.92. The number of aryl methyl sites for hydroxylation is 1. The van der Waals surface area contributed by atoms with Crippen LogP contribution in [0, 0.1) is 5.82 Å². The van der Waals surface area contributed by atoms with Gasteiger partial charge in [0.05, 0.1) is 11.4 Å². The summed E-state index contributed by atoms with van der Waals surface area (Å²) in [5, 5.41) is 4.70. The summed E-state index contributed by atoms with van der Waals surface area (Å²) in [6, 6.07) is 10.2. The van der Waals surface area contributed by atoms with E-state index < -0.39 is 6.10 Å². The van der Waals surface area contributed by atoms with E-state index in [0.717, 1.165) is 27.9 Å². The largest absolute Gasteiger partial charge is 0.482 e. The van der Waals surface area contributed by atoms with E-state index in [1.165, 1.54) is 17.0 Å². The summed E-state index contributed by atoms with van der Waals surface area (Å²) >= 11 is 0. The summed E-state index contributed by atoms with van der Waals surface area (Å²) < 4.78 is 22.4. The number of hydrogen-bond donors (Lipinski definition) is 1. The number of anilines is 1. The molecule has 1 aliphatic rings. The first kappa shape index (κ1) is 23.5. The second-order valence-corrected chi connectivity index (χ2v) is 8.98. The van der Waals surface area contributed by atoms with Gasteiger partial charge in [0.2, 0.25) is 0 Å². The molecule has 0 unspecified atom stereocenters. The van der Waals surface area contributed by atoms with Crippen LogP contribution in [0.2, 0.25) is 0 Å². The van der Waals surface area contributed by atoms with Crippen molar-refractivity contribution >= 4 is 11.7 Å². The van der Waals surface area contributed by atoms with Gasteiger partial charge in [0, 0.05) is 61.7 Å². The smallest absolute Gasteiger partial charge is 0.274 e. The molecule has 3 aromatic heterocycles. The van der Waals surface area contributed by atoms with Crippen molar-refractivity contribution in [1.29, 1.82) is 0 Å². The molecule has 1 atom stereocenters. The van der Waals surface area contributed by atoms with Gasteiger partial charge in [-0.1, -0.05) is 6.07 Å². The zero-order valence-electron chi connectivity index (χ0n) is 20.6. The first-order valence-electron chi connectivity index (χ1n) is 11.8. The van der Waals surface area contributed by atoms with Gasteiger partial charge in [0.15, 0.2) is 17.3 Å². The van der Waals surface area contributed by atoms with Crippen molar-refractivity contribution in [3.8, 4) is 28.3 Å². The Morgan fingerprint density at radius 1 is 1.25 bits per heavy atom. The zero-order valence-corrected chi connectivity index (χ0v) is 20.6. The van der Waals surface area contributed by atoms with E-state index in [-0.39, 0.29) is 17.5 Å². The molecule has 0 aliphatic carbocycles. The van der Waals surface area contributed by atoms with Gasteiger partial charge in [-0.3, -0.25) is 14.5 Å². The Bertz CT molecular complexity index is 1480. The Morgan fingerprint density at radius 3 is 2.81 bits per heavy atom. The number of nitrogen functional groups attached to an aromatic ring is 1. The first-order chi connectivity index (χ1) is 17.3. The van der Waals surface area contributed by atoms with Crippen molar-refractivity contribution in [2.24, 2.45) is 0 Å². The minimum atomic E-state index is -0.536. The van der Waals surface area contributed by atoms with Crippen LogP contribution < -0.4 is 10.5 Å². The molecule has 4 aromatic rings. The molecule has 0 saturated heterocycles. The van der Waals surface area contributed by atoms with E-state index in [4.69, 9.17) is 15.6 Å². The third kappa shape index (κ3) is 3.96. The number of nitrogens with two attached hydrogens (primary N) is 1. The van der Waals surface area contributed by atoms with E-state index in [0.29, 0.717) is 35.7 Å². The molecule has 0 saturated carbocycles. The quantitative estimate of drug-likeness (QED) is 0.448. The number of carbonyl (C=O) groups excluding carboxylic acids is 1. The van der Waals surface area contributed by atoms with Crippen LogP contribution in [0.25, 0.3) is 22.5 Å². The molecular formula is C27H27FN6O2. The summed E-state index contributed by atoms with van der Waals surface area (Å²) in [6.07, 6.45) is 3.22.